The Morgan fingerprint density at radius 3 is 2.30 bits per heavy atom. The second-order valence-corrected chi connectivity index (χ2v) is 9.51. The minimum atomic E-state index is -0.739. The number of nitrogens with one attached hydrogen (secondary N) is 1. The summed E-state index contributed by atoms with van der Waals surface area (Å²) >= 11 is 7.59. The van der Waals surface area contributed by atoms with E-state index >= 15 is 0 Å². The topological polar surface area (TPSA) is 49.4 Å². The van der Waals surface area contributed by atoms with Crippen molar-refractivity contribution < 1.29 is 14.0 Å². The van der Waals surface area contributed by atoms with Crippen LogP contribution in [0.4, 0.5) is 4.39 Å². The van der Waals surface area contributed by atoms with Gasteiger partial charge in [0.15, 0.2) is 0 Å². The van der Waals surface area contributed by atoms with Crippen molar-refractivity contribution in [2.45, 2.75) is 51.6 Å². The zero-order valence-corrected chi connectivity index (χ0v) is 19.3. The van der Waals surface area contributed by atoms with E-state index in [1.54, 1.807) is 25.1 Å². The summed E-state index contributed by atoms with van der Waals surface area (Å²) in [5.74, 6) is -0.175. The van der Waals surface area contributed by atoms with E-state index in [0.717, 1.165) is 5.56 Å². The molecular formula is C23H28ClFN2O2S. The number of nitrogens with zero attached hydrogens (tertiary/aromatic N) is 1. The number of hydrogen-bond donors (Lipinski definition) is 1. The molecule has 2 aromatic carbocycles. The third kappa shape index (κ3) is 7.33. The minimum absolute atomic E-state index is 0.0247. The zero-order valence-electron chi connectivity index (χ0n) is 17.7. The molecular weight excluding hydrogens is 423 g/mol. The van der Waals surface area contributed by atoms with Gasteiger partial charge < -0.3 is 10.2 Å². The van der Waals surface area contributed by atoms with Crippen LogP contribution in [0.15, 0.2) is 48.5 Å². The Morgan fingerprint density at radius 1 is 1.10 bits per heavy atom. The first-order valence-corrected chi connectivity index (χ1v) is 11.3. The molecule has 0 bridgehead atoms. The molecule has 0 heterocycles. The molecule has 0 aromatic heterocycles. The molecule has 2 aromatic rings. The van der Waals surface area contributed by atoms with Gasteiger partial charge in [-0.25, -0.2) is 4.39 Å². The fraction of sp³-hybridized carbons (Fsp3) is 0.391. The molecule has 0 aliphatic carbocycles. The minimum Gasteiger partial charge on any atom is -0.350 e. The quantitative estimate of drug-likeness (QED) is 0.612. The number of carbonyl (C=O) groups excluding carboxylic acids is 2. The summed E-state index contributed by atoms with van der Waals surface area (Å²) in [6.07, 6.45) is 0. The van der Waals surface area contributed by atoms with Crippen molar-refractivity contribution >= 4 is 35.2 Å². The Morgan fingerprint density at radius 2 is 1.70 bits per heavy atom. The summed E-state index contributed by atoms with van der Waals surface area (Å²) in [7, 11) is 0. The number of hydrogen-bond acceptors (Lipinski definition) is 3. The average molecular weight is 451 g/mol. The Balaban J connectivity index is 2.13. The molecule has 162 valence electrons. The van der Waals surface area contributed by atoms with Crippen molar-refractivity contribution in [1.29, 1.82) is 0 Å². The summed E-state index contributed by atoms with van der Waals surface area (Å²) < 4.78 is 14.2. The molecule has 0 saturated carbocycles. The van der Waals surface area contributed by atoms with Crippen LogP contribution in [0.2, 0.25) is 5.02 Å². The van der Waals surface area contributed by atoms with Crippen molar-refractivity contribution in [1.82, 2.24) is 10.2 Å². The third-order valence-corrected chi connectivity index (χ3v) is 5.74. The fourth-order valence-corrected chi connectivity index (χ4v) is 4.01. The standard InChI is InChI=1S/C23H28ClFN2O2S/c1-16(22(29)26-23(2,3)4)27(13-17-9-6-8-12-20(17)25)21(28)15-30-14-18-10-5-7-11-19(18)24/h5-12,16H,13-15H2,1-4H3,(H,26,29). The Labute approximate surface area is 187 Å². The second kappa shape index (κ2) is 10.8. The molecule has 2 amide bonds. The molecule has 30 heavy (non-hydrogen) atoms. The lowest BCUT2D eigenvalue weighted by molar-refractivity contribution is -0.139. The summed E-state index contributed by atoms with van der Waals surface area (Å²) in [5.41, 5.74) is 0.880. The molecule has 1 unspecified atom stereocenters. The Bertz CT molecular complexity index is 886. The smallest absolute Gasteiger partial charge is 0.242 e. The van der Waals surface area contributed by atoms with Crippen molar-refractivity contribution in [2.75, 3.05) is 5.75 Å². The second-order valence-electron chi connectivity index (χ2n) is 8.11. The molecule has 1 N–H and O–H groups in total. The third-order valence-electron chi connectivity index (χ3n) is 4.40. The number of halogens is 2. The van der Waals surface area contributed by atoms with E-state index in [1.165, 1.54) is 22.7 Å². The number of benzene rings is 2. The number of rotatable bonds is 8. The van der Waals surface area contributed by atoms with Crippen molar-refractivity contribution in [3.8, 4) is 0 Å². The maximum absolute atomic E-state index is 14.2. The molecule has 2 rings (SSSR count). The molecule has 4 nitrogen and oxygen atoms in total. The number of thioether (sulfide) groups is 1. The lowest BCUT2D eigenvalue weighted by Gasteiger charge is -2.31. The molecule has 0 saturated heterocycles. The average Bonchev–Trinajstić information content (AvgIpc) is 2.67. The van der Waals surface area contributed by atoms with Crippen LogP contribution >= 0.6 is 23.4 Å². The Hall–Kier alpha value is -2.05. The summed E-state index contributed by atoms with van der Waals surface area (Å²) in [6.45, 7) is 7.32. The van der Waals surface area contributed by atoms with Crippen LogP contribution in [0, 0.1) is 5.82 Å². The van der Waals surface area contributed by atoms with Crippen LogP contribution in [0.5, 0.6) is 0 Å². The molecule has 0 aliphatic rings. The largest absolute Gasteiger partial charge is 0.350 e. The summed E-state index contributed by atoms with van der Waals surface area (Å²) in [4.78, 5) is 27.1. The predicted octanol–water partition coefficient (Wildman–Crippen LogP) is 5.04. The monoisotopic (exact) mass is 450 g/mol. The van der Waals surface area contributed by atoms with Crippen LogP contribution in [-0.4, -0.2) is 34.0 Å². The molecule has 0 radical (unpaired) electrons. The van der Waals surface area contributed by atoms with Crippen LogP contribution in [0.1, 0.15) is 38.8 Å². The van der Waals surface area contributed by atoms with Crippen LogP contribution in [-0.2, 0) is 21.9 Å². The SMILES string of the molecule is CC(C(=O)NC(C)(C)C)N(Cc1ccccc1F)C(=O)CSCc1ccccc1Cl. The van der Waals surface area contributed by atoms with E-state index in [2.05, 4.69) is 5.32 Å². The van der Waals surface area contributed by atoms with Crippen molar-refractivity contribution in [3.63, 3.8) is 0 Å². The highest BCUT2D eigenvalue weighted by atomic mass is 35.5. The molecule has 0 spiro atoms. The van der Waals surface area contributed by atoms with E-state index in [-0.39, 0.29) is 24.1 Å². The summed E-state index contributed by atoms with van der Waals surface area (Å²) in [5, 5.41) is 3.54. The Kier molecular flexibility index (Phi) is 8.74. The van der Waals surface area contributed by atoms with Gasteiger partial charge in [0.1, 0.15) is 11.9 Å². The van der Waals surface area contributed by atoms with E-state index in [9.17, 15) is 14.0 Å². The van der Waals surface area contributed by atoms with Gasteiger partial charge in [0, 0.05) is 28.4 Å². The van der Waals surface area contributed by atoms with Gasteiger partial charge >= 0.3 is 0 Å². The van der Waals surface area contributed by atoms with E-state index in [4.69, 9.17) is 11.6 Å². The molecule has 1 atom stereocenters. The van der Waals surface area contributed by atoms with Gasteiger partial charge in [0.25, 0.3) is 0 Å². The van der Waals surface area contributed by atoms with Gasteiger partial charge in [0.2, 0.25) is 11.8 Å². The highest BCUT2D eigenvalue weighted by molar-refractivity contribution is 7.99. The predicted molar refractivity (Wildman–Crippen MR) is 122 cm³/mol. The first-order chi connectivity index (χ1) is 14.1. The van der Waals surface area contributed by atoms with Crippen molar-refractivity contribution in [3.05, 3.63) is 70.5 Å². The molecule has 0 fully saturated rings. The van der Waals surface area contributed by atoms with Crippen LogP contribution in [0.3, 0.4) is 0 Å². The van der Waals surface area contributed by atoms with Crippen LogP contribution in [0.25, 0.3) is 0 Å². The lowest BCUT2D eigenvalue weighted by atomic mass is 10.1. The van der Waals surface area contributed by atoms with Crippen LogP contribution < -0.4 is 5.32 Å². The lowest BCUT2D eigenvalue weighted by Crippen LogP contribution is -2.52. The number of amides is 2. The highest BCUT2D eigenvalue weighted by Gasteiger charge is 2.28. The molecule has 7 heteroatoms. The van der Waals surface area contributed by atoms with E-state index in [1.807, 2.05) is 45.0 Å². The van der Waals surface area contributed by atoms with Gasteiger partial charge in [-0.3, -0.25) is 9.59 Å². The zero-order chi connectivity index (χ0) is 22.3. The van der Waals surface area contributed by atoms with Gasteiger partial charge in [-0.15, -0.1) is 11.8 Å². The van der Waals surface area contributed by atoms with E-state index < -0.39 is 17.4 Å². The maximum Gasteiger partial charge on any atom is 0.242 e. The summed E-state index contributed by atoms with van der Waals surface area (Å²) in [6, 6.07) is 13.0. The van der Waals surface area contributed by atoms with Gasteiger partial charge in [-0.1, -0.05) is 48.0 Å². The van der Waals surface area contributed by atoms with Gasteiger partial charge in [-0.2, -0.15) is 0 Å². The van der Waals surface area contributed by atoms with E-state index in [0.29, 0.717) is 16.3 Å². The number of carbonyl (C=O) groups is 2. The fourth-order valence-electron chi connectivity index (χ4n) is 2.81. The van der Waals surface area contributed by atoms with Crippen molar-refractivity contribution in [2.24, 2.45) is 0 Å². The first-order valence-electron chi connectivity index (χ1n) is 9.74. The highest BCUT2D eigenvalue weighted by Crippen LogP contribution is 2.22. The first kappa shape index (κ1) is 24.2. The van der Waals surface area contributed by atoms with Gasteiger partial charge in [-0.05, 0) is 45.4 Å². The molecule has 0 aliphatic heterocycles. The normalized spacial score (nSPS) is 12.3. The van der Waals surface area contributed by atoms with Gasteiger partial charge in [0.05, 0.1) is 5.75 Å². The maximum atomic E-state index is 14.2.